The van der Waals surface area contributed by atoms with Gasteiger partial charge in [0.2, 0.25) is 11.8 Å². The van der Waals surface area contributed by atoms with Gasteiger partial charge in [-0.25, -0.2) is 0 Å². The number of amides is 2. The van der Waals surface area contributed by atoms with E-state index in [0.717, 1.165) is 36.1 Å². The van der Waals surface area contributed by atoms with Crippen LogP contribution in [0, 0.1) is 5.92 Å². The highest BCUT2D eigenvalue weighted by Crippen LogP contribution is 2.17. The van der Waals surface area contributed by atoms with Crippen LogP contribution >= 0.6 is 0 Å². The van der Waals surface area contributed by atoms with Gasteiger partial charge in [0.25, 0.3) is 0 Å². The Kier molecular flexibility index (Phi) is 15.1. The quantitative estimate of drug-likeness (QED) is 0.115. The molecule has 0 bridgehead atoms. The highest BCUT2D eigenvalue weighted by Gasteiger charge is 2.28. The average molecular weight is 579 g/mol. The smallest absolute Gasteiger partial charge is 0.305 e. The van der Waals surface area contributed by atoms with Crippen LogP contribution in [0.2, 0.25) is 0 Å². The first-order chi connectivity index (χ1) is 20.2. The predicted molar refractivity (Wildman–Crippen MR) is 165 cm³/mol. The summed E-state index contributed by atoms with van der Waals surface area (Å²) in [6, 6.07) is 16.9. The molecular formula is C34H46N2O6. The number of hydrogen-bond donors (Lipinski definition) is 3. The lowest BCUT2D eigenvalue weighted by molar-refractivity contribution is -0.147. The first kappa shape index (κ1) is 34.3. The second-order valence-corrected chi connectivity index (χ2v) is 11.1. The van der Waals surface area contributed by atoms with Crippen LogP contribution < -0.4 is 15.4 Å². The number of esters is 1. The van der Waals surface area contributed by atoms with Crippen molar-refractivity contribution in [1.29, 1.82) is 0 Å². The summed E-state index contributed by atoms with van der Waals surface area (Å²) in [4.78, 5) is 37.9. The molecule has 0 aliphatic carbocycles. The largest absolute Gasteiger partial charge is 0.489 e. The highest BCUT2D eigenvalue weighted by molar-refractivity contribution is 5.86. The molecule has 3 N–H and O–H groups in total. The molecule has 0 saturated carbocycles. The fourth-order valence-electron chi connectivity index (χ4n) is 4.27. The van der Waals surface area contributed by atoms with Crippen LogP contribution in [-0.2, 0) is 32.1 Å². The number of carbonyl (C=O) groups excluding carboxylic acids is 3. The number of nitrogens with one attached hydrogen (secondary N) is 2. The van der Waals surface area contributed by atoms with Crippen LogP contribution in [0.4, 0.5) is 0 Å². The van der Waals surface area contributed by atoms with Crippen molar-refractivity contribution >= 4 is 17.8 Å². The number of ether oxygens (including phenoxy) is 2. The third kappa shape index (κ3) is 13.6. The molecule has 0 aromatic heterocycles. The van der Waals surface area contributed by atoms with Crippen LogP contribution in [0.1, 0.15) is 63.5 Å². The van der Waals surface area contributed by atoms with E-state index in [4.69, 9.17) is 9.47 Å². The molecule has 8 heteroatoms. The van der Waals surface area contributed by atoms with Crippen LogP contribution in [-0.4, -0.2) is 47.7 Å². The topological polar surface area (TPSA) is 114 Å². The van der Waals surface area contributed by atoms with Gasteiger partial charge in [0.15, 0.2) is 0 Å². The van der Waals surface area contributed by atoms with E-state index in [-0.39, 0.29) is 37.4 Å². The van der Waals surface area contributed by atoms with Gasteiger partial charge in [0, 0.05) is 12.8 Å². The molecule has 2 aromatic carbocycles. The summed E-state index contributed by atoms with van der Waals surface area (Å²) in [7, 11) is 0. The Morgan fingerprint density at radius 3 is 2.33 bits per heavy atom. The van der Waals surface area contributed by atoms with Crippen molar-refractivity contribution in [1.82, 2.24) is 10.6 Å². The zero-order valence-corrected chi connectivity index (χ0v) is 25.0. The zero-order valence-electron chi connectivity index (χ0n) is 25.0. The van der Waals surface area contributed by atoms with Gasteiger partial charge in [-0.15, -0.1) is 13.2 Å². The van der Waals surface area contributed by atoms with Gasteiger partial charge in [-0.2, -0.15) is 0 Å². The van der Waals surface area contributed by atoms with Crippen LogP contribution in [0.5, 0.6) is 5.75 Å². The minimum Gasteiger partial charge on any atom is -0.489 e. The van der Waals surface area contributed by atoms with E-state index in [1.54, 1.807) is 19.9 Å². The third-order valence-electron chi connectivity index (χ3n) is 6.59. The number of rotatable bonds is 20. The monoisotopic (exact) mass is 578 g/mol. The molecule has 228 valence electrons. The van der Waals surface area contributed by atoms with Crippen molar-refractivity contribution in [2.75, 3.05) is 13.2 Å². The van der Waals surface area contributed by atoms with Crippen molar-refractivity contribution in [3.05, 3.63) is 91.0 Å². The van der Waals surface area contributed by atoms with Gasteiger partial charge in [-0.1, -0.05) is 54.6 Å². The summed E-state index contributed by atoms with van der Waals surface area (Å²) in [5.41, 5.74) is 1.19. The minimum absolute atomic E-state index is 0.0225. The Morgan fingerprint density at radius 1 is 0.976 bits per heavy atom. The Morgan fingerprint density at radius 2 is 1.69 bits per heavy atom. The second-order valence-electron chi connectivity index (χ2n) is 11.1. The molecule has 0 fully saturated rings. The summed E-state index contributed by atoms with van der Waals surface area (Å²) in [6.07, 6.45) is 6.82. The van der Waals surface area contributed by atoms with E-state index < -0.39 is 17.5 Å². The summed E-state index contributed by atoms with van der Waals surface area (Å²) in [5.74, 6) is -0.914. The molecular weight excluding hydrogens is 532 g/mol. The van der Waals surface area contributed by atoms with Crippen molar-refractivity contribution < 1.29 is 29.0 Å². The molecule has 8 nitrogen and oxygen atoms in total. The number of carbonyl (C=O) groups is 3. The van der Waals surface area contributed by atoms with E-state index in [1.807, 2.05) is 60.7 Å². The first-order valence-electron chi connectivity index (χ1n) is 14.5. The summed E-state index contributed by atoms with van der Waals surface area (Å²) >= 11 is 0. The SMILES string of the molecule is C=CCCCCC(=O)OCC(C)(C)NC(=O)[C@@H](CC=C)CC(=O)N[C@H](CO)Cc1ccc(OCc2ccccc2)cc1. The fourth-order valence-corrected chi connectivity index (χ4v) is 4.27. The van der Waals surface area contributed by atoms with Crippen molar-refractivity contribution in [3.63, 3.8) is 0 Å². The molecule has 2 aromatic rings. The van der Waals surface area contributed by atoms with Gasteiger partial charge in [0.05, 0.1) is 24.1 Å². The Hall–Kier alpha value is -3.91. The molecule has 0 aliphatic heterocycles. The zero-order chi connectivity index (χ0) is 30.8. The standard InChI is InChI=1S/C34H46N2O6/c1-5-7-8-12-16-32(39)42-25-34(3,4)36-33(40)28(13-6-2)22-31(38)35-29(23-37)21-26-17-19-30(20-18-26)41-24-27-14-10-9-11-15-27/h5-6,9-11,14-15,17-20,28-29,37H,1-2,7-8,12-13,16,21-25H2,3-4H3,(H,35,38)(H,36,40)/t28-,29-/m0/s1. The number of unbranched alkanes of at least 4 members (excludes halogenated alkanes) is 2. The molecule has 0 aliphatic rings. The van der Waals surface area contributed by atoms with Crippen molar-refractivity contribution in [2.45, 2.75) is 77.0 Å². The lowest BCUT2D eigenvalue weighted by Crippen LogP contribution is -2.50. The maximum absolute atomic E-state index is 13.0. The lowest BCUT2D eigenvalue weighted by atomic mass is 9.97. The van der Waals surface area contributed by atoms with E-state index >= 15 is 0 Å². The molecule has 2 amide bonds. The second kappa shape index (κ2) is 18.5. The summed E-state index contributed by atoms with van der Waals surface area (Å²) in [6.45, 7) is 11.2. The Balaban J connectivity index is 1.83. The molecule has 42 heavy (non-hydrogen) atoms. The number of hydrogen-bond acceptors (Lipinski definition) is 6. The van der Waals surface area contributed by atoms with Crippen molar-refractivity contribution in [3.8, 4) is 5.75 Å². The number of aliphatic hydroxyl groups excluding tert-OH is 1. The van der Waals surface area contributed by atoms with Gasteiger partial charge in [0.1, 0.15) is 19.0 Å². The Bertz CT molecular complexity index is 1130. The Labute approximate surface area is 250 Å². The van der Waals surface area contributed by atoms with E-state index in [2.05, 4.69) is 23.8 Å². The first-order valence-corrected chi connectivity index (χ1v) is 14.5. The van der Waals surface area contributed by atoms with Gasteiger partial charge >= 0.3 is 5.97 Å². The summed E-state index contributed by atoms with van der Waals surface area (Å²) < 4.78 is 11.2. The van der Waals surface area contributed by atoms with E-state index in [9.17, 15) is 19.5 Å². The molecule has 0 heterocycles. The van der Waals surface area contributed by atoms with Gasteiger partial charge in [-0.3, -0.25) is 14.4 Å². The highest BCUT2D eigenvalue weighted by atomic mass is 16.5. The normalized spacial score (nSPS) is 12.5. The average Bonchev–Trinajstić information content (AvgIpc) is 2.97. The predicted octanol–water partition coefficient (Wildman–Crippen LogP) is 5.05. The van der Waals surface area contributed by atoms with Crippen LogP contribution in [0.15, 0.2) is 79.9 Å². The van der Waals surface area contributed by atoms with Crippen molar-refractivity contribution in [2.24, 2.45) is 5.92 Å². The van der Waals surface area contributed by atoms with Crippen LogP contribution in [0.3, 0.4) is 0 Å². The number of allylic oxidation sites excluding steroid dienone is 2. The number of benzene rings is 2. The molecule has 2 rings (SSSR count). The molecule has 0 unspecified atom stereocenters. The molecule has 0 radical (unpaired) electrons. The third-order valence-corrected chi connectivity index (χ3v) is 6.59. The van der Waals surface area contributed by atoms with Crippen LogP contribution in [0.25, 0.3) is 0 Å². The molecule has 2 atom stereocenters. The van der Waals surface area contributed by atoms with E-state index in [0.29, 0.717) is 25.9 Å². The molecule has 0 saturated heterocycles. The fraction of sp³-hybridized carbons (Fsp3) is 0.441. The number of aliphatic hydroxyl groups is 1. The van der Waals surface area contributed by atoms with E-state index in [1.165, 1.54) is 0 Å². The summed E-state index contributed by atoms with van der Waals surface area (Å²) in [5, 5.41) is 15.6. The van der Waals surface area contributed by atoms with Gasteiger partial charge < -0.3 is 25.2 Å². The maximum atomic E-state index is 13.0. The minimum atomic E-state index is -0.811. The lowest BCUT2D eigenvalue weighted by Gasteiger charge is -2.28. The molecule has 0 spiro atoms. The maximum Gasteiger partial charge on any atom is 0.305 e. The van der Waals surface area contributed by atoms with Gasteiger partial charge in [-0.05, 0) is 69.2 Å².